The summed E-state index contributed by atoms with van der Waals surface area (Å²) in [5.41, 5.74) is 3.22. The molecule has 7 heteroatoms. The number of hydrogen-bond donors (Lipinski definition) is 1. The van der Waals surface area contributed by atoms with Crippen LogP contribution in [0.2, 0.25) is 0 Å². The van der Waals surface area contributed by atoms with Crippen LogP contribution in [0.3, 0.4) is 0 Å². The number of hydrogen-bond acceptors (Lipinski definition) is 5. The van der Waals surface area contributed by atoms with Crippen LogP contribution in [-0.2, 0) is 6.54 Å². The zero-order chi connectivity index (χ0) is 19.3. The van der Waals surface area contributed by atoms with E-state index < -0.39 is 5.91 Å². The number of fused-ring (bicyclic) bond motifs is 1. The van der Waals surface area contributed by atoms with Gasteiger partial charge in [-0.3, -0.25) is 9.59 Å². The molecule has 0 aliphatic rings. The van der Waals surface area contributed by atoms with Crippen LogP contribution in [0.25, 0.3) is 10.8 Å². The average molecular weight is 372 g/mol. The van der Waals surface area contributed by atoms with Gasteiger partial charge >= 0.3 is 0 Å². The minimum Gasteiger partial charge on any atom is -0.463 e. The molecule has 2 aromatic carbocycles. The van der Waals surface area contributed by atoms with Crippen molar-refractivity contribution in [2.75, 3.05) is 0 Å². The second kappa shape index (κ2) is 7.71. The van der Waals surface area contributed by atoms with Crippen LogP contribution < -0.4 is 11.0 Å². The zero-order valence-electron chi connectivity index (χ0n) is 14.8. The molecule has 0 fully saturated rings. The highest BCUT2D eigenvalue weighted by molar-refractivity contribution is 6.04. The highest BCUT2D eigenvalue weighted by Crippen LogP contribution is 2.14. The lowest BCUT2D eigenvalue weighted by molar-refractivity contribution is 0.0949. The Hall–Kier alpha value is -4.00. The fraction of sp³-hybridized carbons (Fsp3) is 0.0476. The lowest BCUT2D eigenvalue weighted by Crippen LogP contribution is -2.29. The Morgan fingerprint density at radius 3 is 2.54 bits per heavy atom. The quantitative estimate of drug-likeness (QED) is 0.431. The summed E-state index contributed by atoms with van der Waals surface area (Å²) in [4.78, 5) is 25.5. The molecule has 0 atom stereocenters. The van der Waals surface area contributed by atoms with Gasteiger partial charge < -0.3 is 4.42 Å². The third-order valence-corrected chi connectivity index (χ3v) is 4.16. The predicted octanol–water partition coefficient (Wildman–Crippen LogP) is 2.80. The molecule has 4 rings (SSSR count). The summed E-state index contributed by atoms with van der Waals surface area (Å²) in [6, 6.07) is 19.8. The standard InChI is InChI=1S/C21H16N4O3/c26-20(23-22-13-16-9-6-12-28-16)19-17-10-4-5-11-18(17)21(27)25(24-19)14-15-7-2-1-3-8-15/h1-13H,14H2,(H,23,26)/b22-13+. The molecule has 2 heterocycles. The molecule has 7 nitrogen and oxygen atoms in total. The van der Waals surface area contributed by atoms with E-state index in [0.717, 1.165) is 5.56 Å². The molecule has 0 bridgehead atoms. The molecule has 1 N–H and O–H groups in total. The van der Waals surface area contributed by atoms with E-state index in [1.165, 1.54) is 17.2 Å². The SMILES string of the molecule is O=C(N/N=C/c1ccco1)c1nn(Cc2ccccc2)c(=O)c2ccccc12. The number of nitrogens with zero attached hydrogens (tertiary/aromatic N) is 3. The second-order valence-electron chi connectivity index (χ2n) is 6.06. The Balaban J connectivity index is 1.71. The largest absolute Gasteiger partial charge is 0.463 e. The van der Waals surface area contributed by atoms with Crippen molar-refractivity contribution in [1.82, 2.24) is 15.2 Å². The molecule has 0 aliphatic heterocycles. The topological polar surface area (TPSA) is 89.5 Å². The Morgan fingerprint density at radius 2 is 1.79 bits per heavy atom. The summed E-state index contributed by atoms with van der Waals surface area (Å²) in [5, 5.41) is 9.09. The minimum absolute atomic E-state index is 0.128. The molecular formula is C21H16N4O3. The van der Waals surface area contributed by atoms with Crippen LogP contribution in [0.4, 0.5) is 0 Å². The van der Waals surface area contributed by atoms with Crippen molar-refractivity contribution in [3.05, 3.63) is 100 Å². The zero-order valence-corrected chi connectivity index (χ0v) is 14.8. The first kappa shape index (κ1) is 17.4. The van der Waals surface area contributed by atoms with E-state index in [4.69, 9.17) is 4.42 Å². The fourth-order valence-corrected chi connectivity index (χ4v) is 2.84. The lowest BCUT2D eigenvalue weighted by atomic mass is 10.1. The first-order valence-corrected chi connectivity index (χ1v) is 8.63. The highest BCUT2D eigenvalue weighted by atomic mass is 16.3. The normalized spacial score (nSPS) is 11.1. The van der Waals surface area contributed by atoms with Crippen molar-refractivity contribution in [2.24, 2.45) is 5.10 Å². The summed E-state index contributed by atoms with van der Waals surface area (Å²) in [6.45, 7) is 0.264. The number of benzene rings is 2. The highest BCUT2D eigenvalue weighted by Gasteiger charge is 2.16. The second-order valence-corrected chi connectivity index (χ2v) is 6.06. The number of hydrazone groups is 1. The maximum Gasteiger partial charge on any atom is 0.292 e. The van der Waals surface area contributed by atoms with Gasteiger partial charge in [-0.2, -0.15) is 10.2 Å². The smallest absolute Gasteiger partial charge is 0.292 e. The van der Waals surface area contributed by atoms with Crippen LogP contribution in [0.5, 0.6) is 0 Å². The number of aromatic nitrogens is 2. The molecule has 0 radical (unpaired) electrons. The molecule has 28 heavy (non-hydrogen) atoms. The van der Waals surface area contributed by atoms with Crippen molar-refractivity contribution in [2.45, 2.75) is 6.54 Å². The molecule has 2 aromatic heterocycles. The summed E-state index contributed by atoms with van der Waals surface area (Å²) in [5.74, 6) is -0.00650. The molecule has 1 amide bonds. The third kappa shape index (κ3) is 3.59. The van der Waals surface area contributed by atoms with Gasteiger partial charge in [0.15, 0.2) is 5.69 Å². The molecular weight excluding hydrogens is 356 g/mol. The molecule has 4 aromatic rings. The Morgan fingerprint density at radius 1 is 1.04 bits per heavy atom. The fourth-order valence-electron chi connectivity index (χ4n) is 2.84. The van der Waals surface area contributed by atoms with Gasteiger partial charge in [-0.15, -0.1) is 0 Å². The first-order chi connectivity index (χ1) is 13.7. The van der Waals surface area contributed by atoms with Crippen molar-refractivity contribution in [3.8, 4) is 0 Å². The Bertz CT molecular complexity index is 1200. The van der Waals surface area contributed by atoms with Crippen LogP contribution in [-0.4, -0.2) is 21.9 Å². The van der Waals surface area contributed by atoms with Gasteiger partial charge in [0.2, 0.25) is 0 Å². The van der Waals surface area contributed by atoms with Crippen LogP contribution in [0.15, 0.2) is 87.3 Å². The van der Waals surface area contributed by atoms with E-state index in [-0.39, 0.29) is 17.8 Å². The Kier molecular flexibility index (Phi) is 4.79. The molecule has 0 spiro atoms. The van der Waals surface area contributed by atoms with Gasteiger partial charge in [-0.1, -0.05) is 48.5 Å². The maximum absolute atomic E-state index is 12.8. The predicted molar refractivity (Wildman–Crippen MR) is 105 cm³/mol. The van der Waals surface area contributed by atoms with Crippen molar-refractivity contribution < 1.29 is 9.21 Å². The van der Waals surface area contributed by atoms with E-state index in [9.17, 15) is 9.59 Å². The van der Waals surface area contributed by atoms with Crippen molar-refractivity contribution in [1.29, 1.82) is 0 Å². The first-order valence-electron chi connectivity index (χ1n) is 8.63. The van der Waals surface area contributed by atoms with Gasteiger partial charge in [0, 0.05) is 5.39 Å². The molecule has 138 valence electrons. The summed E-state index contributed by atoms with van der Waals surface area (Å²) >= 11 is 0. The van der Waals surface area contributed by atoms with Gasteiger partial charge in [-0.25, -0.2) is 10.1 Å². The van der Waals surface area contributed by atoms with E-state index in [0.29, 0.717) is 16.5 Å². The summed E-state index contributed by atoms with van der Waals surface area (Å²) < 4.78 is 6.43. The number of furan rings is 1. The number of amides is 1. The third-order valence-electron chi connectivity index (χ3n) is 4.16. The van der Waals surface area contributed by atoms with Crippen LogP contribution in [0, 0.1) is 0 Å². The van der Waals surface area contributed by atoms with E-state index in [2.05, 4.69) is 15.6 Å². The van der Waals surface area contributed by atoms with Gasteiger partial charge in [0.1, 0.15) is 5.76 Å². The summed E-state index contributed by atoms with van der Waals surface area (Å²) in [7, 11) is 0. The number of carbonyl (C=O) groups is 1. The average Bonchev–Trinajstić information content (AvgIpc) is 3.24. The van der Waals surface area contributed by atoms with Gasteiger partial charge in [0.05, 0.1) is 24.4 Å². The molecule has 0 saturated carbocycles. The molecule has 0 unspecified atom stereocenters. The number of carbonyl (C=O) groups excluding carboxylic acids is 1. The van der Waals surface area contributed by atoms with E-state index in [1.54, 1.807) is 36.4 Å². The van der Waals surface area contributed by atoms with Gasteiger partial charge in [-0.05, 0) is 23.8 Å². The van der Waals surface area contributed by atoms with E-state index in [1.807, 2.05) is 30.3 Å². The van der Waals surface area contributed by atoms with Crippen LogP contribution in [0.1, 0.15) is 21.8 Å². The van der Waals surface area contributed by atoms with E-state index >= 15 is 0 Å². The Labute approximate surface area is 159 Å². The van der Waals surface area contributed by atoms with Crippen molar-refractivity contribution in [3.63, 3.8) is 0 Å². The number of rotatable bonds is 5. The molecule has 0 aliphatic carbocycles. The summed E-state index contributed by atoms with van der Waals surface area (Å²) in [6.07, 6.45) is 2.90. The maximum atomic E-state index is 12.8. The minimum atomic E-state index is -0.513. The lowest BCUT2D eigenvalue weighted by Gasteiger charge is -2.10. The van der Waals surface area contributed by atoms with Crippen LogP contribution >= 0.6 is 0 Å². The number of nitrogens with one attached hydrogen (secondary N) is 1. The van der Waals surface area contributed by atoms with Gasteiger partial charge in [0.25, 0.3) is 11.5 Å². The molecule has 0 saturated heterocycles. The monoisotopic (exact) mass is 372 g/mol. The van der Waals surface area contributed by atoms with Crippen molar-refractivity contribution >= 4 is 22.9 Å².